The SMILES string of the molecule is CC(=O)NCCC1CCCc2ccc(C)cc21. The maximum atomic E-state index is 10.9. The van der Waals surface area contributed by atoms with Crippen LogP contribution in [0.1, 0.15) is 48.8 Å². The van der Waals surface area contributed by atoms with Crippen LogP contribution in [0.4, 0.5) is 0 Å². The van der Waals surface area contributed by atoms with Crippen molar-refractivity contribution in [1.29, 1.82) is 0 Å². The van der Waals surface area contributed by atoms with Gasteiger partial charge in [-0.3, -0.25) is 4.79 Å². The van der Waals surface area contributed by atoms with Crippen LogP contribution in [0.3, 0.4) is 0 Å². The molecule has 0 aliphatic heterocycles. The number of fused-ring (bicyclic) bond motifs is 1. The van der Waals surface area contributed by atoms with Crippen molar-refractivity contribution in [3.05, 3.63) is 34.9 Å². The minimum Gasteiger partial charge on any atom is -0.356 e. The van der Waals surface area contributed by atoms with E-state index < -0.39 is 0 Å². The summed E-state index contributed by atoms with van der Waals surface area (Å²) in [6, 6.07) is 6.80. The molecule has 1 aliphatic carbocycles. The van der Waals surface area contributed by atoms with Crippen LogP contribution in [-0.4, -0.2) is 12.5 Å². The molecule has 1 unspecified atom stereocenters. The Bertz CT molecular complexity index is 411. The monoisotopic (exact) mass is 231 g/mol. The van der Waals surface area contributed by atoms with Gasteiger partial charge in [-0.1, -0.05) is 23.8 Å². The highest BCUT2D eigenvalue weighted by Gasteiger charge is 2.19. The molecule has 0 saturated carbocycles. The van der Waals surface area contributed by atoms with Gasteiger partial charge in [0.25, 0.3) is 0 Å². The third kappa shape index (κ3) is 3.09. The molecule has 0 fully saturated rings. The number of rotatable bonds is 3. The molecule has 0 aromatic heterocycles. The molecule has 0 heterocycles. The molecule has 1 aromatic rings. The average Bonchev–Trinajstić information content (AvgIpc) is 2.29. The Labute approximate surface area is 103 Å². The van der Waals surface area contributed by atoms with Crippen LogP contribution in [0.2, 0.25) is 0 Å². The normalized spacial score (nSPS) is 18.6. The Kier molecular flexibility index (Phi) is 3.82. The highest BCUT2D eigenvalue weighted by molar-refractivity contribution is 5.72. The minimum atomic E-state index is 0.0743. The maximum absolute atomic E-state index is 10.9. The quantitative estimate of drug-likeness (QED) is 0.851. The van der Waals surface area contributed by atoms with Gasteiger partial charge in [-0.2, -0.15) is 0 Å². The lowest BCUT2D eigenvalue weighted by molar-refractivity contribution is -0.118. The summed E-state index contributed by atoms with van der Waals surface area (Å²) < 4.78 is 0. The lowest BCUT2D eigenvalue weighted by Crippen LogP contribution is -2.23. The largest absolute Gasteiger partial charge is 0.356 e. The van der Waals surface area contributed by atoms with E-state index in [0.717, 1.165) is 13.0 Å². The van der Waals surface area contributed by atoms with Crippen molar-refractivity contribution < 1.29 is 4.79 Å². The van der Waals surface area contributed by atoms with E-state index >= 15 is 0 Å². The van der Waals surface area contributed by atoms with Gasteiger partial charge in [0.1, 0.15) is 0 Å². The highest BCUT2D eigenvalue weighted by atomic mass is 16.1. The lowest BCUT2D eigenvalue weighted by atomic mass is 9.80. The van der Waals surface area contributed by atoms with Crippen molar-refractivity contribution in [2.75, 3.05) is 6.54 Å². The Hall–Kier alpha value is -1.31. The zero-order valence-corrected chi connectivity index (χ0v) is 10.8. The third-order valence-electron chi connectivity index (χ3n) is 3.61. The summed E-state index contributed by atoms with van der Waals surface area (Å²) in [6.45, 7) is 4.53. The van der Waals surface area contributed by atoms with Gasteiger partial charge < -0.3 is 5.32 Å². The molecule has 0 bridgehead atoms. The molecule has 1 atom stereocenters. The van der Waals surface area contributed by atoms with Crippen molar-refractivity contribution in [3.8, 4) is 0 Å². The van der Waals surface area contributed by atoms with Gasteiger partial charge in [-0.25, -0.2) is 0 Å². The second kappa shape index (κ2) is 5.35. The fourth-order valence-electron chi connectivity index (χ4n) is 2.74. The van der Waals surface area contributed by atoms with Gasteiger partial charge in [0.05, 0.1) is 0 Å². The fraction of sp³-hybridized carbons (Fsp3) is 0.533. The Morgan fingerprint density at radius 2 is 2.29 bits per heavy atom. The number of hydrogen-bond donors (Lipinski definition) is 1. The van der Waals surface area contributed by atoms with E-state index in [4.69, 9.17) is 0 Å². The number of benzene rings is 1. The number of carbonyl (C=O) groups excluding carboxylic acids is 1. The predicted octanol–water partition coefficient (Wildman–Crippen LogP) is 2.94. The Balaban J connectivity index is 2.05. The molecule has 92 valence electrons. The number of carbonyl (C=O) groups is 1. The molecular formula is C15H21NO. The molecule has 1 aliphatic rings. The van der Waals surface area contributed by atoms with Crippen LogP contribution < -0.4 is 5.32 Å². The summed E-state index contributed by atoms with van der Waals surface area (Å²) in [5.41, 5.74) is 4.37. The zero-order chi connectivity index (χ0) is 12.3. The van der Waals surface area contributed by atoms with Gasteiger partial charge in [0.2, 0.25) is 5.91 Å². The Morgan fingerprint density at radius 1 is 1.47 bits per heavy atom. The van der Waals surface area contributed by atoms with Crippen molar-refractivity contribution in [2.45, 2.75) is 45.4 Å². The topological polar surface area (TPSA) is 29.1 Å². The molecular weight excluding hydrogens is 210 g/mol. The number of hydrogen-bond acceptors (Lipinski definition) is 1. The van der Waals surface area contributed by atoms with Gasteiger partial charge in [-0.05, 0) is 49.7 Å². The molecule has 1 amide bonds. The predicted molar refractivity (Wildman–Crippen MR) is 70.2 cm³/mol. The summed E-state index contributed by atoms with van der Waals surface area (Å²) in [5.74, 6) is 0.704. The zero-order valence-electron chi connectivity index (χ0n) is 10.8. The van der Waals surface area contributed by atoms with Crippen LogP contribution >= 0.6 is 0 Å². The van der Waals surface area contributed by atoms with Crippen LogP contribution in [0.5, 0.6) is 0 Å². The van der Waals surface area contributed by atoms with Crippen molar-refractivity contribution in [1.82, 2.24) is 5.32 Å². The van der Waals surface area contributed by atoms with Crippen molar-refractivity contribution in [3.63, 3.8) is 0 Å². The van der Waals surface area contributed by atoms with Crippen molar-refractivity contribution in [2.24, 2.45) is 0 Å². The lowest BCUT2D eigenvalue weighted by Gasteiger charge is -2.26. The Morgan fingerprint density at radius 3 is 3.06 bits per heavy atom. The summed E-state index contributed by atoms with van der Waals surface area (Å²) in [4.78, 5) is 10.9. The second-order valence-corrected chi connectivity index (χ2v) is 5.06. The van der Waals surface area contributed by atoms with Crippen LogP contribution in [-0.2, 0) is 11.2 Å². The molecule has 2 rings (SSSR count). The first-order valence-electron chi connectivity index (χ1n) is 6.50. The highest BCUT2D eigenvalue weighted by Crippen LogP contribution is 2.34. The van der Waals surface area contributed by atoms with Gasteiger partial charge in [0.15, 0.2) is 0 Å². The summed E-state index contributed by atoms with van der Waals surface area (Å²) in [5, 5.41) is 2.90. The molecule has 2 nitrogen and oxygen atoms in total. The third-order valence-corrected chi connectivity index (χ3v) is 3.61. The number of nitrogens with one attached hydrogen (secondary N) is 1. The molecule has 17 heavy (non-hydrogen) atoms. The van der Waals surface area contributed by atoms with Crippen LogP contribution in [0, 0.1) is 6.92 Å². The van der Waals surface area contributed by atoms with Gasteiger partial charge in [0, 0.05) is 13.5 Å². The molecule has 0 radical (unpaired) electrons. The summed E-state index contributed by atoms with van der Waals surface area (Å²) in [6.07, 6.45) is 4.82. The van der Waals surface area contributed by atoms with Gasteiger partial charge >= 0.3 is 0 Å². The van der Waals surface area contributed by atoms with Crippen molar-refractivity contribution >= 4 is 5.91 Å². The number of aryl methyl sites for hydroxylation is 2. The summed E-state index contributed by atoms with van der Waals surface area (Å²) >= 11 is 0. The van der Waals surface area contributed by atoms with E-state index in [1.54, 1.807) is 6.92 Å². The van der Waals surface area contributed by atoms with E-state index in [1.165, 1.54) is 36.0 Å². The molecule has 0 spiro atoms. The first kappa shape index (κ1) is 12.2. The maximum Gasteiger partial charge on any atom is 0.216 e. The molecule has 0 saturated heterocycles. The second-order valence-electron chi connectivity index (χ2n) is 5.06. The van der Waals surface area contributed by atoms with E-state index in [-0.39, 0.29) is 5.91 Å². The van der Waals surface area contributed by atoms with E-state index in [0.29, 0.717) is 5.92 Å². The van der Waals surface area contributed by atoms with E-state index in [2.05, 4.69) is 30.4 Å². The smallest absolute Gasteiger partial charge is 0.216 e. The standard InChI is InChI=1S/C15H21NO/c1-11-6-7-13-4-3-5-14(15(13)10-11)8-9-16-12(2)17/h6-7,10,14H,3-5,8-9H2,1-2H3,(H,16,17). The summed E-state index contributed by atoms with van der Waals surface area (Å²) in [7, 11) is 0. The molecule has 1 N–H and O–H groups in total. The van der Waals surface area contributed by atoms with E-state index in [1.807, 2.05) is 0 Å². The molecule has 2 heteroatoms. The number of amides is 1. The van der Waals surface area contributed by atoms with Crippen LogP contribution in [0.15, 0.2) is 18.2 Å². The first-order valence-corrected chi connectivity index (χ1v) is 6.50. The van der Waals surface area contributed by atoms with E-state index in [9.17, 15) is 4.79 Å². The minimum absolute atomic E-state index is 0.0743. The molecule has 1 aromatic carbocycles. The fourth-order valence-corrected chi connectivity index (χ4v) is 2.74. The average molecular weight is 231 g/mol. The van der Waals surface area contributed by atoms with Crippen LogP contribution in [0.25, 0.3) is 0 Å². The first-order chi connectivity index (χ1) is 8.16. The van der Waals surface area contributed by atoms with Gasteiger partial charge in [-0.15, -0.1) is 0 Å².